The van der Waals surface area contributed by atoms with E-state index in [2.05, 4.69) is 0 Å². The first-order valence-electron chi connectivity index (χ1n) is 6.12. The maximum absolute atomic E-state index is 10.6. The lowest BCUT2D eigenvalue weighted by atomic mass is 10.2. The van der Waals surface area contributed by atoms with Crippen LogP contribution in [0.2, 0.25) is 5.02 Å². The molecule has 0 amide bonds. The largest absolute Gasteiger partial charge is 0.506 e. The molecule has 0 heterocycles. The summed E-state index contributed by atoms with van der Waals surface area (Å²) in [4.78, 5) is 0.925. The van der Waals surface area contributed by atoms with Crippen LogP contribution >= 0.6 is 23.4 Å². The van der Waals surface area contributed by atoms with E-state index in [0.29, 0.717) is 16.5 Å². The molecule has 0 aliphatic rings. The molecule has 5 nitrogen and oxygen atoms in total. The SMILES string of the molecule is O=S(=O)(O)COc1ccc(CSc2ccc(O)c(Cl)c2)cc1. The van der Waals surface area contributed by atoms with Crippen molar-refractivity contribution in [2.24, 2.45) is 0 Å². The molecule has 0 bridgehead atoms. The van der Waals surface area contributed by atoms with Crippen molar-refractivity contribution in [3.63, 3.8) is 0 Å². The molecule has 0 aromatic heterocycles. The number of thioether (sulfide) groups is 1. The monoisotopic (exact) mass is 360 g/mol. The van der Waals surface area contributed by atoms with Crippen LogP contribution in [0.5, 0.6) is 11.5 Å². The van der Waals surface area contributed by atoms with E-state index in [9.17, 15) is 13.5 Å². The lowest BCUT2D eigenvalue weighted by Crippen LogP contribution is -2.10. The second-order valence-corrected chi connectivity index (χ2v) is 7.25. The topological polar surface area (TPSA) is 83.8 Å². The van der Waals surface area contributed by atoms with Crippen molar-refractivity contribution in [2.45, 2.75) is 10.6 Å². The number of hydrogen-bond acceptors (Lipinski definition) is 5. The Morgan fingerprint density at radius 2 is 1.82 bits per heavy atom. The van der Waals surface area contributed by atoms with Gasteiger partial charge in [-0.25, -0.2) is 0 Å². The van der Waals surface area contributed by atoms with Crippen molar-refractivity contribution in [1.29, 1.82) is 0 Å². The average molecular weight is 361 g/mol. The summed E-state index contributed by atoms with van der Waals surface area (Å²) >= 11 is 7.39. The van der Waals surface area contributed by atoms with Crippen LogP contribution in [0.15, 0.2) is 47.4 Å². The molecule has 0 saturated carbocycles. The van der Waals surface area contributed by atoms with Gasteiger partial charge in [-0.05, 0) is 35.9 Å². The molecular formula is C14H13ClO5S2. The van der Waals surface area contributed by atoms with Gasteiger partial charge >= 0.3 is 10.1 Å². The molecule has 8 heteroatoms. The highest BCUT2D eigenvalue weighted by molar-refractivity contribution is 7.98. The van der Waals surface area contributed by atoms with Crippen LogP contribution in [-0.4, -0.2) is 24.0 Å². The van der Waals surface area contributed by atoms with E-state index in [-0.39, 0.29) is 5.75 Å². The molecule has 0 saturated heterocycles. The Bertz CT molecular complexity index is 744. The Morgan fingerprint density at radius 1 is 1.14 bits per heavy atom. The molecular weight excluding hydrogens is 348 g/mol. The van der Waals surface area contributed by atoms with E-state index in [1.807, 2.05) is 0 Å². The highest BCUT2D eigenvalue weighted by Gasteiger charge is 2.06. The van der Waals surface area contributed by atoms with E-state index in [1.54, 1.807) is 48.2 Å². The molecule has 0 fully saturated rings. The Hall–Kier alpha value is -1.41. The molecule has 0 aliphatic heterocycles. The molecule has 0 spiro atoms. The summed E-state index contributed by atoms with van der Waals surface area (Å²) in [5, 5.41) is 9.66. The zero-order valence-electron chi connectivity index (χ0n) is 11.3. The number of hydrogen-bond donors (Lipinski definition) is 2. The quantitative estimate of drug-likeness (QED) is 0.605. The van der Waals surface area contributed by atoms with E-state index in [0.717, 1.165) is 10.5 Å². The van der Waals surface area contributed by atoms with Gasteiger partial charge in [0.2, 0.25) is 5.94 Å². The number of benzene rings is 2. The first kappa shape index (κ1) is 17.0. The van der Waals surface area contributed by atoms with Gasteiger partial charge in [0.15, 0.2) is 0 Å². The Morgan fingerprint density at radius 3 is 2.41 bits per heavy atom. The minimum Gasteiger partial charge on any atom is -0.506 e. The van der Waals surface area contributed by atoms with E-state index in [4.69, 9.17) is 20.9 Å². The third kappa shape index (κ3) is 5.42. The van der Waals surface area contributed by atoms with Crippen molar-refractivity contribution in [3.8, 4) is 11.5 Å². The fourth-order valence-corrected chi connectivity index (χ4v) is 2.99. The molecule has 0 aliphatic carbocycles. The molecule has 2 rings (SSSR count). The van der Waals surface area contributed by atoms with Gasteiger partial charge in [0, 0.05) is 10.6 Å². The van der Waals surface area contributed by atoms with Crippen LogP contribution in [-0.2, 0) is 15.9 Å². The molecule has 2 aromatic rings. The first-order valence-corrected chi connectivity index (χ1v) is 9.09. The van der Waals surface area contributed by atoms with Crippen LogP contribution < -0.4 is 4.74 Å². The lowest BCUT2D eigenvalue weighted by molar-refractivity contribution is 0.353. The van der Waals surface area contributed by atoms with Gasteiger partial charge in [-0.15, -0.1) is 11.8 Å². The minimum absolute atomic E-state index is 0.0475. The highest BCUT2D eigenvalue weighted by Crippen LogP contribution is 2.30. The maximum Gasteiger partial charge on any atom is 0.300 e. The summed E-state index contributed by atoms with van der Waals surface area (Å²) in [6.45, 7) is 0. The lowest BCUT2D eigenvalue weighted by Gasteiger charge is -2.06. The summed E-state index contributed by atoms with van der Waals surface area (Å²) in [6, 6.07) is 11.9. The summed E-state index contributed by atoms with van der Waals surface area (Å²) in [5.74, 6) is 0.317. The Balaban J connectivity index is 1.92. The Labute approximate surface area is 137 Å². The molecule has 22 heavy (non-hydrogen) atoms. The third-order valence-electron chi connectivity index (χ3n) is 2.62. The smallest absolute Gasteiger partial charge is 0.300 e. The van der Waals surface area contributed by atoms with E-state index >= 15 is 0 Å². The van der Waals surface area contributed by atoms with Gasteiger partial charge in [-0.3, -0.25) is 4.55 Å². The summed E-state index contributed by atoms with van der Waals surface area (Å²) < 4.78 is 34.7. The molecule has 0 radical (unpaired) electrons. The number of phenolic OH excluding ortho intramolecular Hbond substituents is 1. The summed E-state index contributed by atoms with van der Waals surface area (Å²) in [6.07, 6.45) is 0. The zero-order chi connectivity index (χ0) is 16.2. The van der Waals surface area contributed by atoms with Gasteiger partial charge in [-0.1, -0.05) is 23.7 Å². The van der Waals surface area contributed by atoms with Crippen molar-refractivity contribution < 1.29 is 22.8 Å². The van der Waals surface area contributed by atoms with Crippen LogP contribution in [0.4, 0.5) is 0 Å². The first-order chi connectivity index (χ1) is 10.3. The molecule has 0 atom stereocenters. The summed E-state index contributed by atoms with van der Waals surface area (Å²) in [7, 11) is -4.15. The fourth-order valence-electron chi connectivity index (χ4n) is 1.57. The van der Waals surface area contributed by atoms with Gasteiger partial charge in [-0.2, -0.15) is 8.42 Å². The van der Waals surface area contributed by atoms with Crippen LogP contribution in [0.1, 0.15) is 5.56 Å². The molecule has 0 unspecified atom stereocenters. The number of rotatable bonds is 6. The Kier molecular flexibility index (Phi) is 5.57. The number of halogens is 1. The second-order valence-electron chi connectivity index (χ2n) is 4.39. The van der Waals surface area contributed by atoms with Crippen molar-refractivity contribution in [2.75, 3.05) is 5.94 Å². The van der Waals surface area contributed by atoms with Crippen molar-refractivity contribution in [3.05, 3.63) is 53.1 Å². The van der Waals surface area contributed by atoms with Crippen molar-refractivity contribution >= 4 is 33.5 Å². The number of phenols is 1. The maximum atomic E-state index is 10.6. The van der Waals surface area contributed by atoms with Crippen LogP contribution in [0, 0.1) is 0 Å². The fraction of sp³-hybridized carbons (Fsp3) is 0.143. The number of aromatic hydroxyl groups is 1. The van der Waals surface area contributed by atoms with Gasteiger partial charge in [0.25, 0.3) is 0 Å². The van der Waals surface area contributed by atoms with Crippen LogP contribution in [0.3, 0.4) is 0 Å². The normalized spacial score (nSPS) is 11.4. The minimum atomic E-state index is -4.15. The molecule has 2 aromatic carbocycles. The van der Waals surface area contributed by atoms with Crippen molar-refractivity contribution in [1.82, 2.24) is 0 Å². The van der Waals surface area contributed by atoms with E-state index < -0.39 is 16.1 Å². The van der Waals surface area contributed by atoms with Crippen LogP contribution in [0.25, 0.3) is 0 Å². The standard InChI is InChI=1S/C14H13ClO5S2/c15-13-7-12(5-6-14(13)16)21-8-10-1-3-11(4-2-10)20-9-22(17,18)19/h1-7,16H,8-9H2,(H,17,18,19). The predicted octanol–water partition coefficient (Wildman–Crippen LogP) is 3.56. The third-order valence-corrected chi connectivity index (χ3v) is 4.41. The second kappa shape index (κ2) is 7.23. The molecule has 2 N–H and O–H groups in total. The van der Waals surface area contributed by atoms with Gasteiger partial charge in [0.1, 0.15) is 11.5 Å². The van der Waals surface area contributed by atoms with Gasteiger partial charge in [0.05, 0.1) is 5.02 Å². The molecule has 118 valence electrons. The average Bonchev–Trinajstić information content (AvgIpc) is 2.47. The van der Waals surface area contributed by atoms with Gasteiger partial charge < -0.3 is 9.84 Å². The summed E-state index contributed by atoms with van der Waals surface area (Å²) in [5.41, 5.74) is 1.01. The highest BCUT2D eigenvalue weighted by atomic mass is 35.5. The predicted molar refractivity (Wildman–Crippen MR) is 86.2 cm³/mol. The van der Waals surface area contributed by atoms with E-state index in [1.165, 1.54) is 6.07 Å². The zero-order valence-corrected chi connectivity index (χ0v) is 13.7. The number of ether oxygens (including phenoxy) is 1.